The molecule has 0 bridgehead atoms. The van der Waals surface area contributed by atoms with Crippen molar-refractivity contribution in [3.05, 3.63) is 44.8 Å². The Kier molecular flexibility index (Phi) is 5.16. The molecule has 0 radical (unpaired) electrons. The summed E-state index contributed by atoms with van der Waals surface area (Å²) in [5.74, 6) is 0.881. The molecule has 0 saturated heterocycles. The molecule has 0 aliphatic heterocycles. The van der Waals surface area contributed by atoms with Crippen molar-refractivity contribution in [1.29, 1.82) is 0 Å². The van der Waals surface area contributed by atoms with Gasteiger partial charge in [-0.3, -0.25) is 4.79 Å². The lowest BCUT2D eigenvalue weighted by molar-refractivity contribution is 0.288. The van der Waals surface area contributed by atoms with Crippen molar-refractivity contribution < 1.29 is 9.15 Å². The molecule has 1 aromatic heterocycles. The van der Waals surface area contributed by atoms with Gasteiger partial charge in [-0.15, -0.1) is 0 Å². The Hall–Kier alpha value is -1.77. The Morgan fingerprint density at radius 2 is 1.89 bits per heavy atom. The lowest BCUT2D eigenvalue weighted by Crippen LogP contribution is -2.12. The third-order valence-corrected chi connectivity index (χ3v) is 3.04. The van der Waals surface area contributed by atoms with Crippen LogP contribution in [0.5, 0.6) is 5.95 Å². The average Bonchev–Trinajstić information content (AvgIpc) is 2.36. The van der Waals surface area contributed by atoms with E-state index in [1.54, 1.807) is 13.8 Å². The van der Waals surface area contributed by atoms with Crippen LogP contribution in [0.15, 0.2) is 26.9 Å². The van der Waals surface area contributed by atoms with Crippen molar-refractivity contribution >= 4 is 5.57 Å². The van der Waals surface area contributed by atoms with Gasteiger partial charge in [-0.1, -0.05) is 24.6 Å². The second kappa shape index (κ2) is 6.41. The molecule has 1 rings (SSSR count). The average molecular weight is 262 g/mol. The van der Waals surface area contributed by atoms with Crippen molar-refractivity contribution in [1.82, 2.24) is 0 Å². The van der Waals surface area contributed by atoms with Crippen LogP contribution in [-0.4, -0.2) is 7.11 Å². The van der Waals surface area contributed by atoms with Gasteiger partial charge in [0.15, 0.2) is 5.43 Å². The molecule has 0 amide bonds. The van der Waals surface area contributed by atoms with Gasteiger partial charge >= 0.3 is 0 Å². The molecule has 0 N–H and O–H groups in total. The van der Waals surface area contributed by atoms with Gasteiger partial charge in [0.05, 0.1) is 12.7 Å². The van der Waals surface area contributed by atoms with E-state index in [4.69, 9.17) is 9.15 Å². The molecule has 0 aliphatic rings. The standard InChI is InChI=1S/C16H22O3/c1-7-8-10(2)9-11(3)15-12(4)14(17)13(5)16(18-6)19-15/h8-9H,7H2,1-6H3. The fourth-order valence-corrected chi connectivity index (χ4v) is 2.08. The van der Waals surface area contributed by atoms with E-state index in [0.717, 1.165) is 17.6 Å². The van der Waals surface area contributed by atoms with Crippen molar-refractivity contribution in [3.63, 3.8) is 0 Å². The summed E-state index contributed by atoms with van der Waals surface area (Å²) >= 11 is 0. The summed E-state index contributed by atoms with van der Waals surface area (Å²) in [7, 11) is 1.51. The summed E-state index contributed by atoms with van der Waals surface area (Å²) in [6, 6.07) is 0. The number of rotatable bonds is 4. The Bertz CT molecular complexity index is 574. The molecule has 3 heteroatoms. The number of ether oxygens (including phenoxy) is 1. The van der Waals surface area contributed by atoms with Crippen LogP contribution in [-0.2, 0) is 0 Å². The zero-order chi connectivity index (χ0) is 14.6. The highest BCUT2D eigenvalue weighted by Crippen LogP contribution is 2.24. The third-order valence-electron chi connectivity index (χ3n) is 3.04. The van der Waals surface area contributed by atoms with Crippen molar-refractivity contribution in [2.45, 2.75) is 41.0 Å². The molecule has 0 atom stereocenters. The van der Waals surface area contributed by atoms with Gasteiger partial charge < -0.3 is 9.15 Å². The van der Waals surface area contributed by atoms with Crippen molar-refractivity contribution in [3.8, 4) is 5.95 Å². The molecule has 3 nitrogen and oxygen atoms in total. The number of allylic oxidation sites excluding steroid dienone is 4. The summed E-state index contributed by atoms with van der Waals surface area (Å²) < 4.78 is 10.8. The van der Waals surface area contributed by atoms with E-state index in [0.29, 0.717) is 16.9 Å². The largest absolute Gasteiger partial charge is 0.468 e. The molecule has 104 valence electrons. The molecule has 0 fully saturated rings. The second-order valence-corrected chi connectivity index (χ2v) is 4.69. The fraction of sp³-hybridized carbons (Fsp3) is 0.438. The minimum absolute atomic E-state index is 0.0250. The second-order valence-electron chi connectivity index (χ2n) is 4.69. The fourth-order valence-electron chi connectivity index (χ4n) is 2.08. The van der Waals surface area contributed by atoms with E-state index < -0.39 is 0 Å². The lowest BCUT2D eigenvalue weighted by Gasteiger charge is -2.10. The van der Waals surface area contributed by atoms with Crippen LogP contribution in [0.4, 0.5) is 0 Å². The molecule has 0 unspecified atom stereocenters. The van der Waals surface area contributed by atoms with Crippen LogP contribution in [0.3, 0.4) is 0 Å². The van der Waals surface area contributed by atoms with Crippen LogP contribution >= 0.6 is 0 Å². The van der Waals surface area contributed by atoms with Crippen LogP contribution in [0, 0.1) is 13.8 Å². The maximum atomic E-state index is 12.1. The number of hydrogen-bond donors (Lipinski definition) is 0. The Labute approximate surface area is 114 Å². The summed E-state index contributed by atoms with van der Waals surface area (Å²) in [5, 5.41) is 0. The molecule has 0 spiro atoms. The first-order valence-corrected chi connectivity index (χ1v) is 6.46. The van der Waals surface area contributed by atoms with Gasteiger partial charge in [-0.2, -0.15) is 0 Å². The molecule has 19 heavy (non-hydrogen) atoms. The quantitative estimate of drug-likeness (QED) is 0.769. The Morgan fingerprint density at radius 1 is 1.26 bits per heavy atom. The smallest absolute Gasteiger partial charge is 0.291 e. The van der Waals surface area contributed by atoms with E-state index in [1.165, 1.54) is 7.11 Å². The highest BCUT2D eigenvalue weighted by atomic mass is 16.6. The monoisotopic (exact) mass is 262 g/mol. The van der Waals surface area contributed by atoms with Crippen molar-refractivity contribution in [2.75, 3.05) is 7.11 Å². The highest BCUT2D eigenvalue weighted by molar-refractivity contribution is 5.65. The summed E-state index contributed by atoms with van der Waals surface area (Å²) in [4.78, 5) is 12.1. The van der Waals surface area contributed by atoms with Crippen LogP contribution in [0.25, 0.3) is 5.57 Å². The number of hydrogen-bond acceptors (Lipinski definition) is 3. The van der Waals surface area contributed by atoms with Crippen LogP contribution in [0.2, 0.25) is 0 Å². The van der Waals surface area contributed by atoms with Gasteiger partial charge in [0.2, 0.25) is 0 Å². The normalized spacial score (nSPS) is 12.7. The van der Waals surface area contributed by atoms with E-state index in [2.05, 4.69) is 13.0 Å². The first-order chi connectivity index (χ1) is 8.92. The zero-order valence-corrected chi connectivity index (χ0v) is 12.6. The molecule has 0 saturated carbocycles. The van der Waals surface area contributed by atoms with Gasteiger partial charge in [-0.05, 0) is 39.7 Å². The van der Waals surface area contributed by atoms with Gasteiger partial charge in [0.25, 0.3) is 5.95 Å². The zero-order valence-electron chi connectivity index (χ0n) is 12.6. The Balaban J connectivity index is 3.40. The highest BCUT2D eigenvalue weighted by Gasteiger charge is 2.15. The molecule has 0 aromatic carbocycles. The molecule has 1 heterocycles. The molecular formula is C16H22O3. The number of methoxy groups -OCH3 is 1. The van der Waals surface area contributed by atoms with E-state index in [1.807, 2.05) is 19.9 Å². The molecular weight excluding hydrogens is 240 g/mol. The maximum absolute atomic E-state index is 12.1. The van der Waals surface area contributed by atoms with E-state index in [9.17, 15) is 4.79 Å². The lowest BCUT2D eigenvalue weighted by atomic mass is 10.1. The van der Waals surface area contributed by atoms with Gasteiger partial charge in [0.1, 0.15) is 5.76 Å². The van der Waals surface area contributed by atoms with Crippen molar-refractivity contribution in [2.24, 2.45) is 0 Å². The summed E-state index contributed by atoms with van der Waals surface area (Å²) in [6.07, 6.45) is 5.13. The molecule has 1 aromatic rings. The topological polar surface area (TPSA) is 39.4 Å². The third kappa shape index (κ3) is 3.37. The predicted octanol–water partition coefficient (Wildman–Crippen LogP) is 4.02. The summed E-state index contributed by atoms with van der Waals surface area (Å²) in [5.41, 5.74) is 3.19. The predicted molar refractivity (Wildman–Crippen MR) is 78.7 cm³/mol. The minimum Gasteiger partial charge on any atom is -0.468 e. The SMILES string of the molecule is CCC=C(C)C=C(C)c1oc(OC)c(C)c(=O)c1C. The first-order valence-electron chi connectivity index (χ1n) is 6.46. The maximum Gasteiger partial charge on any atom is 0.291 e. The first kappa shape index (κ1) is 15.3. The van der Waals surface area contributed by atoms with Crippen LogP contribution in [0.1, 0.15) is 44.1 Å². The van der Waals surface area contributed by atoms with Gasteiger partial charge in [0, 0.05) is 5.56 Å². The van der Waals surface area contributed by atoms with Crippen LogP contribution < -0.4 is 10.2 Å². The summed E-state index contributed by atoms with van der Waals surface area (Å²) in [6.45, 7) is 9.55. The van der Waals surface area contributed by atoms with Gasteiger partial charge in [-0.25, -0.2) is 0 Å². The molecule has 0 aliphatic carbocycles. The van der Waals surface area contributed by atoms with E-state index >= 15 is 0 Å². The minimum atomic E-state index is -0.0250. The Morgan fingerprint density at radius 3 is 2.42 bits per heavy atom. The van der Waals surface area contributed by atoms with E-state index in [-0.39, 0.29) is 11.4 Å².